The number of benzene rings is 1. The maximum Gasteiger partial charge on any atom is 0.320 e. The van der Waals surface area contributed by atoms with Gasteiger partial charge in [0.05, 0.1) is 6.54 Å². The molecule has 0 radical (unpaired) electrons. The summed E-state index contributed by atoms with van der Waals surface area (Å²) in [4.78, 5) is 15.5. The number of halogens is 2. The molecule has 0 saturated heterocycles. The van der Waals surface area contributed by atoms with Gasteiger partial charge in [-0.25, -0.2) is 4.98 Å². The molecule has 2 N–H and O–H groups in total. The fourth-order valence-corrected chi connectivity index (χ4v) is 2.40. The molecule has 0 unspecified atom stereocenters. The normalized spacial score (nSPS) is 10.5. The van der Waals surface area contributed by atoms with E-state index in [2.05, 4.69) is 10.3 Å². The van der Waals surface area contributed by atoms with Crippen molar-refractivity contribution in [2.75, 3.05) is 13.1 Å². The number of carbonyl (C=O) groups excluding carboxylic acids is 1. The first kappa shape index (κ1) is 17.5. The van der Waals surface area contributed by atoms with E-state index in [0.717, 1.165) is 12.0 Å². The highest BCUT2D eigenvalue weighted by atomic mass is 35.5. The van der Waals surface area contributed by atoms with E-state index < -0.39 is 0 Å². The van der Waals surface area contributed by atoms with E-state index in [-0.39, 0.29) is 35.2 Å². The van der Waals surface area contributed by atoms with Gasteiger partial charge in [-0.1, -0.05) is 35.3 Å². The van der Waals surface area contributed by atoms with Gasteiger partial charge < -0.3 is 15.2 Å². The summed E-state index contributed by atoms with van der Waals surface area (Å²) in [6.45, 7) is 0.845. The molecule has 1 heterocycles. The zero-order valence-corrected chi connectivity index (χ0v) is 13.8. The van der Waals surface area contributed by atoms with Crippen molar-refractivity contribution < 1.29 is 14.6 Å². The molecule has 0 saturated carbocycles. The Morgan fingerprint density at radius 1 is 1.13 bits per heavy atom. The third kappa shape index (κ3) is 6.44. The summed E-state index contributed by atoms with van der Waals surface area (Å²) in [5, 5.41) is 12.7. The Morgan fingerprint density at radius 2 is 1.78 bits per heavy atom. The van der Waals surface area contributed by atoms with Crippen molar-refractivity contribution in [3.8, 4) is 5.75 Å². The third-order valence-electron chi connectivity index (χ3n) is 3.02. The van der Waals surface area contributed by atoms with E-state index in [1.807, 2.05) is 12.1 Å². The molecular formula is C16H16Cl2N2O3. The molecule has 1 aromatic heterocycles. The maximum absolute atomic E-state index is 11.6. The second kappa shape index (κ2) is 8.72. The summed E-state index contributed by atoms with van der Waals surface area (Å²) in [7, 11) is 0. The number of hydrogen-bond acceptors (Lipinski definition) is 5. The first-order chi connectivity index (χ1) is 11.0. The Morgan fingerprint density at radius 3 is 2.43 bits per heavy atom. The molecular weight excluding hydrogens is 339 g/mol. The standard InChI is InChI=1S/C16H16Cl2N2O3/c17-14-7-12(8-15(18)20-14)10-23-16(22)9-19-6-5-11-1-3-13(21)4-2-11/h1-4,7-8,19,21H,5-6,9-10H2. The highest BCUT2D eigenvalue weighted by Gasteiger charge is 2.05. The van der Waals surface area contributed by atoms with Crippen molar-refractivity contribution in [2.45, 2.75) is 13.0 Å². The summed E-state index contributed by atoms with van der Waals surface area (Å²) < 4.78 is 5.13. The molecule has 1 aromatic carbocycles. The molecule has 0 aliphatic heterocycles. The van der Waals surface area contributed by atoms with Crippen LogP contribution in [0.5, 0.6) is 5.75 Å². The van der Waals surface area contributed by atoms with Crippen LogP contribution in [-0.2, 0) is 22.6 Å². The van der Waals surface area contributed by atoms with Gasteiger partial charge in [-0.15, -0.1) is 0 Å². The Bertz CT molecular complexity index is 643. The maximum atomic E-state index is 11.6. The lowest BCUT2D eigenvalue weighted by atomic mass is 10.1. The van der Waals surface area contributed by atoms with Crippen LogP contribution in [0, 0.1) is 0 Å². The molecule has 0 aliphatic rings. The van der Waals surface area contributed by atoms with Gasteiger partial charge in [-0.3, -0.25) is 4.79 Å². The van der Waals surface area contributed by atoms with Crippen LogP contribution in [0.3, 0.4) is 0 Å². The summed E-state index contributed by atoms with van der Waals surface area (Å²) in [6, 6.07) is 10.1. The Balaban J connectivity index is 1.66. The predicted molar refractivity (Wildman–Crippen MR) is 88.7 cm³/mol. The van der Waals surface area contributed by atoms with Crippen LogP contribution < -0.4 is 5.32 Å². The lowest BCUT2D eigenvalue weighted by molar-refractivity contribution is -0.143. The number of rotatable bonds is 7. The van der Waals surface area contributed by atoms with Gasteiger partial charge >= 0.3 is 5.97 Å². The fourth-order valence-electron chi connectivity index (χ4n) is 1.90. The monoisotopic (exact) mass is 354 g/mol. The van der Waals surface area contributed by atoms with Gasteiger partial charge in [0.25, 0.3) is 0 Å². The Labute approximate surface area is 144 Å². The summed E-state index contributed by atoms with van der Waals surface area (Å²) in [6.07, 6.45) is 0.753. The van der Waals surface area contributed by atoms with Crippen LogP contribution >= 0.6 is 23.2 Å². The number of esters is 1. The second-order valence-corrected chi connectivity index (χ2v) is 5.65. The van der Waals surface area contributed by atoms with Gasteiger partial charge in [0.1, 0.15) is 22.7 Å². The van der Waals surface area contributed by atoms with Crippen LogP contribution in [0.25, 0.3) is 0 Å². The van der Waals surface area contributed by atoms with Crippen LogP contribution in [0.1, 0.15) is 11.1 Å². The van der Waals surface area contributed by atoms with E-state index in [9.17, 15) is 9.90 Å². The number of pyridine rings is 1. The molecule has 0 aliphatic carbocycles. The van der Waals surface area contributed by atoms with E-state index in [1.54, 1.807) is 24.3 Å². The minimum atomic E-state index is -0.361. The van der Waals surface area contributed by atoms with Crippen molar-refractivity contribution in [1.29, 1.82) is 0 Å². The molecule has 5 nitrogen and oxygen atoms in total. The summed E-state index contributed by atoms with van der Waals surface area (Å²) in [5.74, 6) is -0.124. The van der Waals surface area contributed by atoms with Gasteiger partial charge in [-0.05, 0) is 48.4 Å². The van der Waals surface area contributed by atoms with Gasteiger partial charge in [0.2, 0.25) is 0 Å². The van der Waals surface area contributed by atoms with Crippen molar-refractivity contribution in [1.82, 2.24) is 10.3 Å². The molecule has 0 bridgehead atoms. The highest BCUT2D eigenvalue weighted by Crippen LogP contribution is 2.15. The molecule has 0 fully saturated rings. The number of phenolic OH excluding ortho intramolecular Hbond substituents is 1. The number of carbonyl (C=O) groups is 1. The van der Waals surface area contributed by atoms with Crippen LogP contribution in [-0.4, -0.2) is 29.1 Å². The van der Waals surface area contributed by atoms with Gasteiger partial charge in [0, 0.05) is 0 Å². The first-order valence-electron chi connectivity index (χ1n) is 6.99. The van der Waals surface area contributed by atoms with Crippen LogP contribution in [0.15, 0.2) is 36.4 Å². The number of nitrogens with one attached hydrogen (secondary N) is 1. The van der Waals surface area contributed by atoms with E-state index in [1.165, 1.54) is 0 Å². The van der Waals surface area contributed by atoms with Crippen molar-refractivity contribution in [3.05, 3.63) is 57.8 Å². The first-order valence-corrected chi connectivity index (χ1v) is 7.75. The molecule has 2 aromatic rings. The van der Waals surface area contributed by atoms with E-state index in [0.29, 0.717) is 12.1 Å². The zero-order valence-electron chi connectivity index (χ0n) is 12.3. The highest BCUT2D eigenvalue weighted by molar-refractivity contribution is 6.32. The summed E-state index contributed by atoms with van der Waals surface area (Å²) >= 11 is 11.5. The lowest BCUT2D eigenvalue weighted by Crippen LogP contribution is -2.26. The topological polar surface area (TPSA) is 71.5 Å². The zero-order chi connectivity index (χ0) is 16.7. The predicted octanol–water partition coefficient (Wildman–Crippen LogP) is 2.97. The van der Waals surface area contributed by atoms with Crippen molar-refractivity contribution >= 4 is 29.2 Å². The van der Waals surface area contributed by atoms with E-state index >= 15 is 0 Å². The number of phenols is 1. The number of ether oxygens (including phenoxy) is 1. The number of nitrogens with zero attached hydrogens (tertiary/aromatic N) is 1. The average Bonchev–Trinajstić information content (AvgIpc) is 2.50. The average molecular weight is 355 g/mol. The van der Waals surface area contributed by atoms with Crippen LogP contribution in [0.2, 0.25) is 10.3 Å². The molecule has 0 atom stereocenters. The Hall–Kier alpha value is -1.82. The summed E-state index contributed by atoms with van der Waals surface area (Å²) in [5.41, 5.74) is 1.76. The fraction of sp³-hybridized carbons (Fsp3) is 0.250. The minimum Gasteiger partial charge on any atom is -0.508 e. The molecule has 2 rings (SSSR count). The second-order valence-electron chi connectivity index (χ2n) is 4.87. The van der Waals surface area contributed by atoms with Crippen LogP contribution in [0.4, 0.5) is 0 Å². The minimum absolute atomic E-state index is 0.0977. The molecule has 7 heteroatoms. The Kier molecular flexibility index (Phi) is 6.65. The van der Waals surface area contributed by atoms with E-state index in [4.69, 9.17) is 27.9 Å². The molecule has 0 amide bonds. The largest absolute Gasteiger partial charge is 0.508 e. The molecule has 122 valence electrons. The quantitative estimate of drug-likeness (QED) is 0.454. The number of hydrogen-bond donors (Lipinski definition) is 2. The molecule has 23 heavy (non-hydrogen) atoms. The van der Waals surface area contributed by atoms with Crippen molar-refractivity contribution in [2.24, 2.45) is 0 Å². The lowest BCUT2D eigenvalue weighted by Gasteiger charge is -2.07. The number of aromatic hydroxyl groups is 1. The number of aromatic nitrogens is 1. The van der Waals surface area contributed by atoms with Gasteiger partial charge in [0.15, 0.2) is 0 Å². The van der Waals surface area contributed by atoms with Gasteiger partial charge in [-0.2, -0.15) is 0 Å². The smallest absolute Gasteiger partial charge is 0.320 e. The van der Waals surface area contributed by atoms with Crippen molar-refractivity contribution in [3.63, 3.8) is 0 Å². The third-order valence-corrected chi connectivity index (χ3v) is 3.41. The SMILES string of the molecule is O=C(CNCCc1ccc(O)cc1)OCc1cc(Cl)nc(Cl)c1. The molecule has 0 spiro atoms.